The molecule has 0 aliphatic heterocycles. The summed E-state index contributed by atoms with van der Waals surface area (Å²) in [4.78, 5) is 28.1. The van der Waals surface area contributed by atoms with Crippen molar-refractivity contribution in [1.82, 2.24) is 14.5 Å². The van der Waals surface area contributed by atoms with Crippen LogP contribution in [0.5, 0.6) is 0 Å². The first-order valence-corrected chi connectivity index (χ1v) is 13.2. The summed E-state index contributed by atoms with van der Waals surface area (Å²) >= 11 is 0. The molecule has 1 atom stereocenters. The fourth-order valence-electron chi connectivity index (χ4n) is 3.32. The van der Waals surface area contributed by atoms with Crippen LogP contribution in [0, 0.1) is 5.82 Å². The van der Waals surface area contributed by atoms with Gasteiger partial charge in [0.2, 0.25) is 21.8 Å². The molecule has 0 aromatic heterocycles. The number of sulfonamides is 1. The Morgan fingerprint density at radius 2 is 1.69 bits per heavy atom. The van der Waals surface area contributed by atoms with E-state index in [0.717, 1.165) is 10.6 Å². The van der Waals surface area contributed by atoms with E-state index in [1.807, 2.05) is 13.8 Å². The average molecular weight is 508 g/mol. The molecule has 0 unspecified atom stereocenters. The Bertz CT molecular complexity index is 1060. The SMILES string of the molecule is CC(C)OCCCNC(=O)[C@@H](c1ccccc1)N(Cc1ccc(F)cc1)C(=O)CN(C)S(C)(=O)=O. The maximum Gasteiger partial charge on any atom is 0.247 e. The first-order valence-electron chi connectivity index (χ1n) is 11.4. The monoisotopic (exact) mass is 507 g/mol. The lowest BCUT2D eigenvalue weighted by molar-refractivity contribution is -0.141. The van der Waals surface area contributed by atoms with Crippen molar-refractivity contribution in [2.24, 2.45) is 0 Å². The number of nitrogens with one attached hydrogen (secondary N) is 1. The van der Waals surface area contributed by atoms with Gasteiger partial charge in [-0.1, -0.05) is 42.5 Å². The van der Waals surface area contributed by atoms with E-state index in [2.05, 4.69) is 5.32 Å². The number of hydrogen-bond acceptors (Lipinski definition) is 5. The van der Waals surface area contributed by atoms with Crippen molar-refractivity contribution < 1.29 is 27.1 Å². The molecular weight excluding hydrogens is 473 g/mol. The minimum absolute atomic E-state index is 0.0137. The van der Waals surface area contributed by atoms with Crippen molar-refractivity contribution in [3.8, 4) is 0 Å². The molecule has 0 spiro atoms. The van der Waals surface area contributed by atoms with E-state index >= 15 is 0 Å². The summed E-state index contributed by atoms with van der Waals surface area (Å²) < 4.78 is 43.8. The van der Waals surface area contributed by atoms with Crippen molar-refractivity contribution in [3.05, 3.63) is 71.5 Å². The first kappa shape index (κ1) is 28.4. The number of likely N-dealkylation sites (N-methyl/N-ethyl adjacent to an activating group) is 1. The number of nitrogens with zero attached hydrogens (tertiary/aromatic N) is 2. The second kappa shape index (κ2) is 13.3. The zero-order valence-electron chi connectivity index (χ0n) is 20.6. The maximum absolute atomic E-state index is 13.5. The lowest BCUT2D eigenvalue weighted by Crippen LogP contribution is -2.47. The molecule has 0 heterocycles. The number of hydrogen-bond donors (Lipinski definition) is 1. The Kier molecular flexibility index (Phi) is 10.8. The lowest BCUT2D eigenvalue weighted by atomic mass is 10.0. The van der Waals surface area contributed by atoms with Gasteiger partial charge in [-0.15, -0.1) is 0 Å². The number of amides is 2. The number of carbonyl (C=O) groups excluding carboxylic acids is 2. The Morgan fingerprint density at radius 1 is 1.06 bits per heavy atom. The van der Waals surface area contributed by atoms with Gasteiger partial charge in [0, 0.05) is 26.7 Å². The Morgan fingerprint density at radius 3 is 2.26 bits per heavy atom. The van der Waals surface area contributed by atoms with Gasteiger partial charge in [0.15, 0.2) is 0 Å². The van der Waals surface area contributed by atoms with Crippen LogP contribution >= 0.6 is 0 Å². The van der Waals surface area contributed by atoms with Gasteiger partial charge < -0.3 is 15.0 Å². The highest BCUT2D eigenvalue weighted by molar-refractivity contribution is 7.88. The van der Waals surface area contributed by atoms with Gasteiger partial charge in [0.1, 0.15) is 11.9 Å². The molecule has 2 aromatic carbocycles. The number of ether oxygens (including phenoxy) is 1. The van der Waals surface area contributed by atoms with E-state index in [1.54, 1.807) is 30.3 Å². The van der Waals surface area contributed by atoms with Crippen LogP contribution in [0.2, 0.25) is 0 Å². The maximum atomic E-state index is 13.5. The van der Waals surface area contributed by atoms with Gasteiger partial charge in [0.05, 0.1) is 18.9 Å². The van der Waals surface area contributed by atoms with Crippen molar-refractivity contribution >= 4 is 21.8 Å². The molecule has 0 fully saturated rings. The van der Waals surface area contributed by atoms with Crippen LogP contribution in [0.15, 0.2) is 54.6 Å². The normalized spacial score (nSPS) is 12.5. The topological polar surface area (TPSA) is 96.0 Å². The molecule has 0 saturated heterocycles. The summed E-state index contributed by atoms with van der Waals surface area (Å²) in [7, 11) is -2.33. The standard InChI is InChI=1S/C25H34FN3O5S/c1-19(2)34-16-8-15-27-25(31)24(21-9-6-5-7-10-21)29(17-20-11-13-22(26)14-12-20)23(30)18-28(3)35(4,32)33/h5-7,9-14,19,24H,8,15-18H2,1-4H3,(H,27,31)/t24-/m1/s1. The zero-order chi connectivity index (χ0) is 26.0. The third-order valence-corrected chi connectivity index (χ3v) is 6.52. The van der Waals surface area contributed by atoms with Crippen LogP contribution in [-0.2, 0) is 30.9 Å². The Hall–Kier alpha value is -2.82. The van der Waals surface area contributed by atoms with Gasteiger partial charge in [-0.25, -0.2) is 12.8 Å². The van der Waals surface area contributed by atoms with Crippen LogP contribution in [-0.4, -0.2) is 68.5 Å². The molecule has 2 amide bonds. The predicted octanol–water partition coefficient (Wildman–Crippen LogP) is 2.72. The second-order valence-corrected chi connectivity index (χ2v) is 10.6. The zero-order valence-corrected chi connectivity index (χ0v) is 21.4. The van der Waals surface area contributed by atoms with E-state index in [9.17, 15) is 22.4 Å². The van der Waals surface area contributed by atoms with Crippen molar-refractivity contribution in [2.45, 2.75) is 39.0 Å². The van der Waals surface area contributed by atoms with Crippen LogP contribution in [0.25, 0.3) is 0 Å². The van der Waals surface area contributed by atoms with E-state index in [1.165, 1.54) is 36.2 Å². The smallest absolute Gasteiger partial charge is 0.247 e. The molecule has 1 N–H and O–H groups in total. The third-order valence-electron chi connectivity index (χ3n) is 5.26. The quantitative estimate of drug-likeness (QED) is 0.421. The predicted molar refractivity (Wildman–Crippen MR) is 132 cm³/mol. The molecule has 192 valence electrons. The van der Waals surface area contributed by atoms with Gasteiger partial charge in [-0.2, -0.15) is 4.31 Å². The molecule has 35 heavy (non-hydrogen) atoms. The number of rotatable bonds is 13. The minimum atomic E-state index is -3.63. The molecule has 0 saturated carbocycles. The molecule has 0 aliphatic rings. The highest BCUT2D eigenvalue weighted by Gasteiger charge is 2.32. The van der Waals surface area contributed by atoms with Gasteiger partial charge in [-0.3, -0.25) is 9.59 Å². The summed E-state index contributed by atoms with van der Waals surface area (Å²) in [5.74, 6) is -1.39. The van der Waals surface area contributed by atoms with Crippen LogP contribution in [0.3, 0.4) is 0 Å². The molecule has 8 nitrogen and oxygen atoms in total. The largest absolute Gasteiger partial charge is 0.379 e. The van der Waals surface area contributed by atoms with E-state index in [-0.39, 0.29) is 12.6 Å². The van der Waals surface area contributed by atoms with Crippen molar-refractivity contribution in [2.75, 3.05) is 33.0 Å². The summed E-state index contributed by atoms with van der Waals surface area (Å²) in [6.07, 6.45) is 1.68. The third kappa shape index (κ3) is 9.39. The van der Waals surface area contributed by atoms with Gasteiger partial charge in [0.25, 0.3) is 0 Å². The number of benzene rings is 2. The lowest BCUT2D eigenvalue weighted by Gasteiger charge is -2.32. The van der Waals surface area contributed by atoms with Crippen LogP contribution < -0.4 is 5.32 Å². The highest BCUT2D eigenvalue weighted by atomic mass is 32.2. The molecule has 10 heteroatoms. The molecule has 2 rings (SSSR count). The number of carbonyl (C=O) groups is 2. The Labute approximate surface area is 207 Å². The fraction of sp³-hybridized carbons (Fsp3) is 0.440. The molecule has 0 bridgehead atoms. The van der Waals surface area contributed by atoms with Crippen molar-refractivity contribution in [1.29, 1.82) is 0 Å². The van der Waals surface area contributed by atoms with Crippen molar-refractivity contribution in [3.63, 3.8) is 0 Å². The minimum Gasteiger partial charge on any atom is -0.379 e. The summed E-state index contributed by atoms with van der Waals surface area (Å²) in [6.45, 7) is 4.22. The first-order chi connectivity index (χ1) is 16.5. The molecule has 0 radical (unpaired) electrons. The molecule has 2 aromatic rings. The van der Waals surface area contributed by atoms with E-state index in [0.29, 0.717) is 30.7 Å². The van der Waals surface area contributed by atoms with Crippen LogP contribution in [0.1, 0.15) is 37.4 Å². The van der Waals surface area contributed by atoms with Gasteiger partial charge in [-0.05, 0) is 43.5 Å². The summed E-state index contributed by atoms with van der Waals surface area (Å²) in [5.41, 5.74) is 1.17. The second-order valence-electron chi connectivity index (χ2n) is 8.54. The molecular formula is C25H34FN3O5S. The number of halogens is 1. The van der Waals surface area contributed by atoms with Crippen LogP contribution in [0.4, 0.5) is 4.39 Å². The van der Waals surface area contributed by atoms with E-state index < -0.39 is 40.2 Å². The van der Waals surface area contributed by atoms with E-state index in [4.69, 9.17) is 4.74 Å². The summed E-state index contributed by atoms with van der Waals surface area (Å²) in [5, 5.41) is 2.86. The highest BCUT2D eigenvalue weighted by Crippen LogP contribution is 2.24. The average Bonchev–Trinajstić information content (AvgIpc) is 2.79. The fourth-order valence-corrected chi connectivity index (χ4v) is 3.66. The van der Waals surface area contributed by atoms with Gasteiger partial charge >= 0.3 is 0 Å². The summed E-state index contributed by atoms with van der Waals surface area (Å²) in [6, 6.07) is 13.4. The molecule has 0 aliphatic carbocycles. The Balaban J connectivity index is 2.36.